The Hall–Kier alpha value is -1.22. The molecule has 0 bridgehead atoms. The Morgan fingerprint density at radius 1 is 0.818 bits per heavy atom. The molecule has 22 heavy (non-hydrogen) atoms. The third-order valence-electron chi connectivity index (χ3n) is 1.01. The molecule has 0 aliphatic carbocycles. The molecular weight excluding hydrogens is 335 g/mol. The number of carboxylic acids is 1. The standard InChI is InChI=1S/C4HF7O2.2C2H5O.3H3N/c5-2(6,1(12)13)3(7,8)4(9,10)11;2*1-2-3;;;/h(H,12,13);2*2H2,1H3;3*1H3/q;2*-1;;;/p+2. The number of carbonyl (C=O) groups excluding carboxylic acids is 1. The number of carbonyl (C=O) groups is 1. The largest absolute Gasteiger partial charge is 0.855 e. The molecule has 0 saturated heterocycles. The first-order valence-electron chi connectivity index (χ1n) is 4.47. The molecule has 0 heterocycles. The summed E-state index contributed by atoms with van der Waals surface area (Å²) in [4.78, 5) is 9.27. The van der Waals surface area contributed by atoms with E-state index in [0.717, 1.165) is 0 Å². The number of carboxylic acid groups (broad SMARTS) is 1. The quantitative estimate of drug-likeness (QED) is 0.603. The highest BCUT2D eigenvalue weighted by Gasteiger charge is 2.73. The van der Waals surface area contributed by atoms with Gasteiger partial charge in [0.15, 0.2) is 0 Å². The zero-order valence-corrected chi connectivity index (χ0v) is 12.7. The van der Waals surface area contributed by atoms with Gasteiger partial charge in [0.05, 0.1) is 0 Å². The smallest absolute Gasteiger partial charge is 0.460 e. The number of quaternary nitrogens is 3. The molecule has 12 N–H and O–H groups in total. The molecule has 0 aliphatic heterocycles. The Morgan fingerprint density at radius 3 is 1.05 bits per heavy atom. The lowest BCUT2D eigenvalue weighted by molar-refractivity contribution is -0.387. The molecular formula is C8H22F7N3O4. The SMILES string of the molecule is CC[O-].CC[O-].O=C([O-])C(F)(F)C(F)(F)C(F)(F)F.[NH4+].[NH4+].[NH4+]. The van der Waals surface area contributed by atoms with E-state index in [-0.39, 0.29) is 31.7 Å². The van der Waals surface area contributed by atoms with Crippen molar-refractivity contribution >= 4 is 5.97 Å². The summed E-state index contributed by atoms with van der Waals surface area (Å²) >= 11 is 0. The molecule has 0 fully saturated rings. The zero-order chi connectivity index (χ0) is 16.5. The van der Waals surface area contributed by atoms with Gasteiger partial charge in [0, 0.05) is 0 Å². The van der Waals surface area contributed by atoms with E-state index < -0.39 is 24.0 Å². The van der Waals surface area contributed by atoms with Crippen LogP contribution in [0.4, 0.5) is 30.7 Å². The van der Waals surface area contributed by atoms with Crippen molar-refractivity contribution < 1.29 is 50.8 Å². The van der Waals surface area contributed by atoms with Gasteiger partial charge in [0.2, 0.25) is 0 Å². The number of hydrogen-bond acceptors (Lipinski definition) is 4. The third-order valence-corrected chi connectivity index (χ3v) is 1.01. The van der Waals surface area contributed by atoms with Gasteiger partial charge in [0.1, 0.15) is 5.97 Å². The number of hydrogen-bond donors (Lipinski definition) is 3. The number of halogens is 7. The second-order valence-electron chi connectivity index (χ2n) is 2.51. The highest BCUT2D eigenvalue weighted by Crippen LogP contribution is 2.45. The van der Waals surface area contributed by atoms with Crippen molar-refractivity contribution in [2.75, 3.05) is 13.2 Å². The average molecular weight is 357 g/mol. The van der Waals surface area contributed by atoms with E-state index in [2.05, 4.69) is 0 Å². The van der Waals surface area contributed by atoms with Gasteiger partial charge in [-0.2, -0.15) is 30.7 Å². The molecule has 0 aromatic rings. The van der Waals surface area contributed by atoms with Crippen molar-refractivity contribution in [1.82, 2.24) is 18.5 Å². The summed E-state index contributed by atoms with van der Waals surface area (Å²) in [6, 6.07) is 0. The van der Waals surface area contributed by atoms with Crippen LogP contribution in [0.1, 0.15) is 13.8 Å². The van der Waals surface area contributed by atoms with Crippen LogP contribution in [0.3, 0.4) is 0 Å². The number of alkyl halides is 7. The maximum atomic E-state index is 11.7. The van der Waals surface area contributed by atoms with Gasteiger partial charge >= 0.3 is 18.0 Å². The molecule has 142 valence electrons. The van der Waals surface area contributed by atoms with E-state index in [9.17, 15) is 40.6 Å². The maximum Gasteiger partial charge on any atom is 0.460 e. The molecule has 0 unspecified atom stereocenters. The maximum absolute atomic E-state index is 11.7. The summed E-state index contributed by atoms with van der Waals surface area (Å²) in [5.41, 5.74) is 0. The van der Waals surface area contributed by atoms with E-state index in [1.165, 1.54) is 0 Å². The molecule has 0 saturated carbocycles. The summed E-state index contributed by atoms with van der Waals surface area (Å²) < 4.78 is 80.2. The molecule has 0 rings (SSSR count). The minimum atomic E-state index is -6.64. The first kappa shape index (κ1) is 37.2. The van der Waals surface area contributed by atoms with Gasteiger partial charge in [-0.1, -0.05) is 13.8 Å². The lowest BCUT2D eigenvalue weighted by Crippen LogP contribution is -2.60. The molecule has 0 spiro atoms. The highest BCUT2D eigenvalue weighted by atomic mass is 19.4. The predicted molar refractivity (Wildman–Crippen MR) is 60.0 cm³/mol. The van der Waals surface area contributed by atoms with Crippen molar-refractivity contribution in [3.8, 4) is 0 Å². The number of aliphatic carboxylic acids is 1. The summed E-state index contributed by atoms with van der Waals surface area (Å²) in [6.45, 7) is 3.14. The molecule has 0 radical (unpaired) electrons. The van der Waals surface area contributed by atoms with E-state index in [1.54, 1.807) is 13.8 Å². The third kappa shape index (κ3) is 11.4. The fourth-order valence-electron chi connectivity index (χ4n) is 0.306. The van der Waals surface area contributed by atoms with Crippen LogP contribution in [0.2, 0.25) is 0 Å². The van der Waals surface area contributed by atoms with Crippen LogP contribution >= 0.6 is 0 Å². The van der Waals surface area contributed by atoms with Crippen LogP contribution in [0.15, 0.2) is 0 Å². The van der Waals surface area contributed by atoms with Crippen LogP contribution < -0.4 is 33.8 Å². The lowest BCUT2D eigenvalue weighted by atomic mass is 10.1. The fourth-order valence-corrected chi connectivity index (χ4v) is 0.306. The normalized spacial score (nSPS) is 10.1. The summed E-state index contributed by atoms with van der Waals surface area (Å²) in [5, 5.41) is 27.1. The Balaban J connectivity index is -0.0000000618. The van der Waals surface area contributed by atoms with Crippen LogP contribution in [0.25, 0.3) is 0 Å². The average Bonchev–Trinajstić information content (AvgIpc) is 2.17. The van der Waals surface area contributed by atoms with Crippen molar-refractivity contribution in [1.29, 1.82) is 0 Å². The fraction of sp³-hybridized carbons (Fsp3) is 0.875. The molecule has 0 atom stereocenters. The number of rotatable bonds is 2. The van der Waals surface area contributed by atoms with Gasteiger partial charge < -0.3 is 38.6 Å². The predicted octanol–water partition coefficient (Wildman–Crippen LogP) is 0.431. The minimum absolute atomic E-state index is 0. The Labute approximate surface area is 121 Å². The van der Waals surface area contributed by atoms with Crippen molar-refractivity contribution in [3.63, 3.8) is 0 Å². The first-order chi connectivity index (χ1) is 8.27. The highest BCUT2D eigenvalue weighted by molar-refractivity contribution is 5.74. The van der Waals surface area contributed by atoms with Gasteiger partial charge in [-0.3, -0.25) is 0 Å². The van der Waals surface area contributed by atoms with E-state index in [1.807, 2.05) is 0 Å². The molecule has 0 amide bonds. The van der Waals surface area contributed by atoms with Crippen LogP contribution in [0.5, 0.6) is 0 Å². The molecule has 0 aliphatic rings. The van der Waals surface area contributed by atoms with Crippen LogP contribution in [-0.4, -0.2) is 37.2 Å². The van der Waals surface area contributed by atoms with E-state index in [4.69, 9.17) is 10.2 Å². The van der Waals surface area contributed by atoms with E-state index in [0.29, 0.717) is 0 Å². The van der Waals surface area contributed by atoms with Crippen molar-refractivity contribution in [2.45, 2.75) is 31.9 Å². The second-order valence-corrected chi connectivity index (χ2v) is 2.51. The van der Waals surface area contributed by atoms with Crippen LogP contribution in [0, 0.1) is 0 Å². The molecule has 14 heteroatoms. The zero-order valence-electron chi connectivity index (χ0n) is 12.7. The Morgan fingerprint density at radius 2 is 1.00 bits per heavy atom. The minimum Gasteiger partial charge on any atom is -0.855 e. The Bertz CT molecular complexity index is 263. The summed E-state index contributed by atoms with van der Waals surface area (Å²) in [5.74, 6) is -16.7. The molecule has 0 aromatic carbocycles. The molecule has 0 aromatic heterocycles. The summed E-state index contributed by atoms with van der Waals surface area (Å²) in [6.07, 6.45) is -6.64. The first-order valence-corrected chi connectivity index (χ1v) is 4.47. The second kappa shape index (κ2) is 14.7. The Kier molecular flexibility index (Phi) is 24.9. The van der Waals surface area contributed by atoms with Gasteiger partial charge in [-0.05, 0) is 0 Å². The molecule has 7 nitrogen and oxygen atoms in total. The van der Waals surface area contributed by atoms with Gasteiger partial charge in [0.25, 0.3) is 0 Å². The van der Waals surface area contributed by atoms with E-state index >= 15 is 0 Å². The van der Waals surface area contributed by atoms with Gasteiger partial charge in [-0.15, -0.1) is 13.2 Å². The van der Waals surface area contributed by atoms with Crippen molar-refractivity contribution in [2.24, 2.45) is 0 Å². The van der Waals surface area contributed by atoms with Crippen molar-refractivity contribution in [3.05, 3.63) is 0 Å². The topological polar surface area (TPSA) is 196 Å². The summed E-state index contributed by atoms with van der Waals surface area (Å²) in [7, 11) is 0. The van der Waals surface area contributed by atoms with Crippen LogP contribution in [-0.2, 0) is 4.79 Å². The monoisotopic (exact) mass is 357 g/mol. The van der Waals surface area contributed by atoms with Gasteiger partial charge in [-0.25, -0.2) is 0 Å². The lowest BCUT2D eigenvalue weighted by Gasteiger charge is -2.28.